The Morgan fingerprint density at radius 3 is 1.70 bits per heavy atom. The summed E-state index contributed by atoms with van der Waals surface area (Å²) in [5, 5.41) is 0. The Bertz CT molecular complexity index is 424. The highest BCUT2D eigenvalue weighted by molar-refractivity contribution is 9.10. The number of halogens is 1. The largest absolute Gasteiger partial charge is 0.410 e. The third-order valence-corrected chi connectivity index (χ3v) is 10.6. The first-order valence-electron chi connectivity index (χ1n) is 9.22. The maximum atomic E-state index is 13.9. The molecule has 0 aromatic carbocycles. The number of hydrogen-bond acceptors (Lipinski definition) is 3. The van der Waals surface area contributed by atoms with Crippen molar-refractivity contribution in [2.45, 2.75) is 101 Å². The minimum Gasteiger partial charge on any atom is -0.410 e. The maximum Gasteiger partial charge on any atom is 0.325 e. The number of carbonyl (C=O) groups excluding carboxylic acids is 1. The summed E-state index contributed by atoms with van der Waals surface area (Å²) in [7, 11) is -2.93. The molecule has 0 saturated heterocycles. The number of carbonyl (C=O) groups is 1. The van der Waals surface area contributed by atoms with Gasteiger partial charge in [0.2, 0.25) is 0 Å². The third kappa shape index (κ3) is 4.84. The van der Waals surface area contributed by atoms with Gasteiger partial charge >= 0.3 is 5.97 Å². The third-order valence-electron chi connectivity index (χ3n) is 5.37. The zero-order valence-electron chi connectivity index (χ0n) is 14.9. The van der Waals surface area contributed by atoms with Gasteiger partial charge in [0.05, 0.1) is 0 Å². The molecule has 23 heavy (non-hydrogen) atoms. The van der Waals surface area contributed by atoms with Gasteiger partial charge in [0.25, 0.3) is 7.37 Å². The normalized spacial score (nSPS) is 23.5. The van der Waals surface area contributed by atoms with Crippen LogP contribution in [0.3, 0.4) is 0 Å². The fourth-order valence-electron chi connectivity index (χ4n) is 3.87. The van der Waals surface area contributed by atoms with Gasteiger partial charge in [-0.25, -0.2) is 0 Å². The first-order chi connectivity index (χ1) is 10.7. The number of hydrogen-bond donors (Lipinski definition) is 0. The molecule has 2 aliphatic carbocycles. The molecule has 2 rings (SSSR count). The quantitative estimate of drug-likeness (QED) is 0.407. The molecule has 0 heterocycles. The average Bonchev–Trinajstić information content (AvgIpc) is 2.54. The van der Waals surface area contributed by atoms with Gasteiger partial charge in [0.15, 0.2) is 0 Å². The maximum absolute atomic E-state index is 13.9. The topological polar surface area (TPSA) is 43.4 Å². The van der Waals surface area contributed by atoms with E-state index in [0.717, 1.165) is 51.4 Å². The Balaban J connectivity index is 2.18. The first-order valence-corrected chi connectivity index (χ1v) is 11.9. The Kier molecular flexibility index (Phi) is 6.82. The van der Waals surface area contributed by atoms with Crippen molar-refractivity contribution >= 4 is 29.3 Å². The second-order valence-corrected chi connectivity index (χ2v) is 12.2. The van der Waals surface area contributed by atoms with Gasteiger partial charge in [0, 0.05) is 11.3 Å². The van der Waals surface area contributed by atoms with Gasteiger partial charge in [-0.3, -0.25) is 9.36 Å². The summed E-state index contributed by atoms with van der Waals surface area (Å²) in [6, 6.07) is 0. The summed E-state index contributed by atoms with van der Waals surface area (Å²) in [6.45, 7) is 6.00. The second kappa shape index (κ2) is 8.04. The van der Waals surface area contributed by atoms with Crippen LogP contribution in [0.2, 0.25) is 0 Å². The van der Waals surface area contributed by atoms with E-state index >= 15 is 0 Å². The van der Waals surface area contributed by atoms with E-state index in [1.165, 1.54) is 12.8 Å². The van der Waals surface area contributed by atoms with E-state index in [9.17, 15) is 9.36 Å². The van der Waals surface area contributed by atoms with Crippen LogP contribution in [0.5, 0.6) is 0 Å². The van der Waals surface area contributed by atoms with Crippen molar-refractivity contribution in [1.29, 1.82) is 0 Å². The van der Waals surface area contributed by atoms with Crippen LogP contribution < -0.4 is 0 Å². The first kappa shape index (κ1) is 19.5. The lowest BCUT2D eigenvalue weighted by Crippen LogP contribution is -2.33. The number of alkyl halides is 1. The molecule has 2 aliphatic rings. The minimum atomic E-state index is -2.93. The van der Waals surface area contributed by atoms with Gasteiger partial charge in [0.1, 0.15) is 4.83 Å². The molecule has 134 valence electrons. The van der Waals surface area contributed by atoms with E-state index in [0.29, 0.717) is 0 Å². The fourth-order valence-corrected chi connectivity index (χ4v) is 7.56. The van der Waals surface area contributed by atoms with Crippen molar-refractivity contribution in [1.82, 2.24) is 0 Å². The highest BCUT2D eigenvalue weighted by Gasteiger charge is 2.46. The van der Waals surface area contributed by atoms with Crippen LogP contribution in [0, 0.1) is 5.41 Å². The van der Waals surface area contributed by atoms with Gasteiger partial charge < -0.3 is 4.52 Å². The molecule has 0 radical (unpaired) electrons. The van der Waals surface area contributed by atoms with E-state index in [4.69, 9.17) is 4.52 Å². The molecule has 0 aromatic heterocycles. The lowest BCUT2D eigenvalue weighted by Gasteiger charge is -2.38. The van der Waals surface area contributed by atoms with Crippen LogP contribution in [-0.4, -0.2) is 22.1 Å². The van der Waals surface area contributed by atoms with Gasteiger partial charge in [-0.1, -0.05) is 75.2 Å². The van der Waals surface area contributed by atoms with Crippen molar-refractivity contribution in [3.05, 3.63) is 0 Å². The van der Waals surface area contributed by atoms with E-state index < -0.39 is 12.2 Å². The Labute approximate surface area is 149 Å². The van der Waals surface area contributed by atoms with Crippen molar-refractivity contribution < 1.29 is 13.9 Å². The van der Waals surface area contributed by atoms with Gasteiger partial charge in [-0.15, -0.1) is 0 Å². The van der Waals surface area contributed by atoms with Crippen LogP contribution in [0.15, 0.2) is 0 Å². The molecule has 0 bridgehead atoms. The summed E-state index contributed by atoms with van der Waals surface area (Å²) in [6.07, 6.45) is 10.8. The lowest BCUT2D eigenvalue weighted by molar-refractivity contribution is -0.135. The monoisotopic (exact) mass is 406 g/mol. The molecule has 0 spiro atoms. The highest BCUT2D eigenvalue weighted by atomic mass is 79.9. The second-order valence-electron chi connectivity index (χ2n) is 8.37. The molecule has 2 saturated carbocycles. The van der Waals surface area contributed by atoms with Crippen LogP contribution in [-0.2, 0) is 13.9 Å². The van der Waals surface area contributed by atoms with Gasteiger partial charge in [-0.05, 0) is 31.1 Å². The summed E-state index contributed by atoms with van der Waals surface area (Å²) in [5.74, 6) is -0.322. The predicted molar refractivity (Wildman–Crippen MR) is 99.6 cm³/mol. The lowest BCUT2D eigenvalue weighted by atomic mass is 9.92. The highest BCUT2D eigenvalue weighted by Crippen LogP contribution is 2.64. The molecular weight excluding hydrogens is 375 g/mol. The SMILES string of the molecule is CC(C)(C)C(Br)C(=O)OP(=O)(C1CCCCC1)C1CCCCC1. The van der Waals surface area contributed by atoms with Crippen LogP contribution >= 0.6 is 23.3 Å². The average molecular weight is 407 g/mol. The molecule has 3 nitrogen and oxygen atoms in total. The summed E-state index contributed by atoms with van der Waals surface area (Å²) in [5.41, 5.74) is -0.0351. The zero-order chi connectivity index (χ0) is 17.1. The molecule has 0 aromatic rings. The molecule has 0 N–H and O–H groups in total. The van der Waals surface area contributed by atoms with E-state index in [2.05, 4.69) is 15.9 Å². The fraction of sp³-hybridized carbons (Fsp3) is 0.944. The Morgan fingerprint density at radius 1 is 0.957 bits per heavy atom. The van der Waals surface area contributed by atoms with Crippen LogP contribution in [0.4, 0.5) is 0 Å². The summed E-state index contributed by atoms with van der Waals surface area (Å²) < 4.78 is 19.8. The van der Waals surface area contributed by atoms with Crippen LogP contribution in [0.1, 0.15) is 85.0 Å². The summed E-state index contributed by atoms with van der Waals surface area (Å²) >= 11 is 3.47. The summed E-state index contributed by atoms with van der Waals surface area (Å²) in [4.78, 5) is 12.2. The molecule has 1 unspecified atom stereocenters. The van der Waals surface area contributed by atoms with Crippen molar-refractivity contribution in [3.63, 3.8) is 0 Å². The van der Waals surface area contributed by atoms with Crippen LogP contribution in [0.25, 0.3) is 0 Å². The zero-order valence-corrected chi connectivity index (χ0v) is 17.3. The smallest absolute Gasteiger partial charge is 0.325 e. The molecule has 5 heteroatoms. The van der Waals surface area contributed by atoms with E-state index in [-0.39, 0.29) is 22.7 Å². The minimum absolute atomic E-state index is 0.1000. The molecular formula is C18H32BrO3P. The number of rotatable bonds is 4. The Hall–Kier alpha value is 0.180. The molecule has 0 amide bonds. The Morgan fingerprint density at radius 2 is 1.35 bits per heavy atom. The van der Waals surface area contributed by atoms with Gasteiger partial charge in [-0.2, -0.15) is 0 Å². The van der Waals surface area contributed by atoms with Crippen molar-refractivity contribution in [3.8, 4) is 0 Å². The molecule has 0 aliphatic heterocycles. The molecule has 2 fully saturated rings. The standard InChI is InChI=1S/C18H32BrO3P/c1-18(2,3)16(19)17(20)22-23(21,14-10-6-4-7-11-14)15-12-8-5-9-13-15/h14-16H,4-13H2,1-3H3. The predicted octanol–water partition coefficient (Wildman–Crippen LogP) is 6.28. The van der Waals surface area contributed by atoms with E-state index in [1.807, 2.05) is 20.8 Å². The van der Waals surface area contributed by atoms with Crippen molar-refractivity contribution in [2.24, 2.45) is 5.41 Å². The van der Waals surface area contributed by atoms with E-state index in [1.54, 1.807) is 0 Å². The van der Waals surface area contributed by atoms with Crippen molar-refractivity contribution in [2.75, 3.05) is 0 Å². The molecule has 1 atom stereocenters.